The third kappa shape index (κ3) is 3.19. The minimum atomic E-state index is -0.282. The number of ether oxygens (including phenoxy) is 1. The molecule has 3 nitrogen and oxygen atoms in total. The molecule has 2 saturated carbocycles. The Bertz CT molecular complexity index is 580. The zero-order valence-corrected chi connectivity index (χ0v) is 14.9. The molecule has 3 heteroatoms. The van der Waals surface area contributed by atoms with E-state index < -0.39 is 0 Å². The Hall–Kier alpha value is -1.64. The maximum absolute atomic E-state index is 12.3. The number of fused-ring (bicyclic) bond motifs is 1. The Morgan fingerprint density at radius 1 is 1.35 bits per heavy atom. The summed E-state index contributed by atoms with van der Waals surface area (Å²) in [4.78, 5) is 24.5. The molecule has 0 bridgehead atoms. The number of ketones is 1. The number of carbonyl (C=O) groups excluding carboxylic acids is 2. The maximum atomic E-state index is 12.3. The maximum Gasteiger partial charge on any atom is 0.333 e. The summed E-state index contributed by atoms with van der Waals surface area (Å²) in [6, 6.07) is 0. The third-order valence-electron chi connectivity index (χ3n) is 5.53. The summed E-state index contributed by atoms with van der Waals surface area (Å²) in [6.45, 7) is 14.1. The molecule has 0 aromatic heterocycles. The normalized spacial score (nSPS) is 33.3. The van der Waals surface area contributed by atoms with Gasteiger partial charge in [0, 0.05) is 12.0 Å². The highest BCUT2D eigenvalue weighted by atomic mass is 16.5. The highest BCUT2D eigenvalue weighted by Gasteiger charge is 2.50. The first-order valence-corrected chi connectivity index (χ1v) is 8.53. The number of carbonyl (C=O) groups is 2. The van der Waals surface area contributed by atoms with Crippen LogP contribution in [0.2, 0.25) is 0 Å². The number of hydrogen-bond acceptors (Lipinski definition) is 3. The first-order chi connectivity index (χ1) is 10.8. The van der Waals surface area contributed by atoms with Gasteiger partial charge in [0.2, 0.25) is 0 Å². The summed E-state index contributed by atoms with van der Waals surface area (Å²) in [5.41, 5.74) is 2.47. The van der Waals surface area contributed by atoms with Gasteiger partial charge in [0.25, 0.3) is 0 Å². The molecule has 0 aromatic rings. The monoisotopic (exact) mass is 316 g/mol. The van der Waals surface area contributed by atoms with Gasteiger partial charge in [0.15, 0.2) is 5.78 Å². The van der Waals surface area contributed by atoms with E-state index in [4.69, 9.17) is 4.74 Å². The molecule has 0 saturated heterocycles. The lowest BCUT2D eigenvalue weighted by atomic mass is 9.65. The Labute approximate surface area is 139 Å². The molecule has 126 valence electrons. The van der Waals surface area contributed by atoms with Gasteiger partial charge in [-0.2, -0.15) is 0 Å². The van der Waals surface area contributed by atoms with Crippen molar-refractivity contribution < 1.29 is 14.3 Å². The molecule has 0 radical (unpaired) electrons. The van der Waals surface area contributed by atoms with E-state index >= 15 is 0 Å². The van der Waals surface area contributed by atoms with Gasteiger partial charge in [-0.15, -0.1) is 0 Å². The fourth-order valence-electron chi connectivity index (χ4n) is 4.03. The molecule has 0 N–H and O–H groups in total. The second-order valence-electron chi connectivity index (χ2n) is 7.09. The van der Waals surface area contributed by atoms with Crippen LogP contribution in [0.25, 0.3) is 0 Å². The number of hydrogen-bond donors (Lipinski definition) is 0. The molecular weight excluding hydrogens is 288 g/mol. The molecule has 0 aromatic carbocycles. The predicted octanol–water partition coefficient (Wildman–Crippen LogP) is 4.25. The molecule has 4 unspecified atom stereocenters. The van der Waals surface area contributed by atoms with Gasteiger partial charge < -0.3 is 4.74 Å². The van der Waals surface area contributed by atoms with E-state index in [1.165, 1.54) is 0 Å². The van der Waals surface area contributed by atoms with Crippen molar-refractivity contribution in [2.24, 2.45) is 23.7 Å². The lowest BCUT2D eigenvalue weighted by Gasteiger charge is -2.42. The number of esters is 1. The second kappa shape index (κ2) is 6.86. The van der Waals surface area contributed by atoms with Gasteiger partial charge in [-0.25, -0.2) is 4.79 Å². The Kier molecular flexibility index (Phi) is 5.28. The minimum absolute atomic E-state index is 0.110. The summed E-state index contributed by atoms with van der Waals surface area (Å²) >= 11 is 0. The van der Waals surface area contributed by atoms with Gasteiger partial charge in [-0.05, 0) is 62.0 Å². The van der Waals surface area contributed by atoms with Gasteiger partial charge in [-0.3, -0.25) is 4.79 Å². The number of rotatable bonds is 3. The van der Waals surface area contributed by atoms with Crippen molar-refractivity contribution in [2.45, 2.75) is 53.6 Å². The smallest absolute Gasteiger partial charge is 0.333 e. The number of allylic oxidation sites excluding steroid dienone is 3. The molecule has 2 rings (SSSR count). The average Bonchev–Trinajstić information content (AvgIpc) is 2.85. The Morgan fingerprint density at radius 2 is 2.00 bits per heavy atom. The van der Waals surface area contributed by atoms with Crippen LogP contribution in [0.15, 0.2) is 35.5 Å². The molecular formula is C20H28O3. The summed E-state index contributed by atoms with van der Waals surface area (Å²) in [5.74, 6) is 1.06. The molecule has 2 fully saturated rings. The van der Waals surface area contributed by atoms with Crippen molar-refractivity contribution in [1.29, 1.82) is 0 Å². The van der Waals surface area contributed by atoms with E-state index in [2.05, 4.69) is 20.4 Å². The second-order valence-corrected chi connectivity index (χ2v) is 7.09. The van der Waals surface area contributed by atoms with Crippen molar-refractivity contribution in [3.63, 3.8) is 0 Å². The van der Waals surface area contributed by atoms with Crippen LogP contribution in [-0.2, 0) is 14.3 Å². The van der Waals surface area contributed by atoms with Crippen LogP contribution in [-0.4, -0.2) is 17.9 Å². The largest absolute Gasteiger partial charge is 0.454 e. The standard InChI is InChI=1S/C20H28O3/c1-7-12(5)20(22)23-18-10-15(11(3)4)19-14(8-2)17(21)9-16(19)13(18)6/h7-8,11,15-16,18-19H,6,9-10H2,1-5H3/b12-7-,14-8+. The summed E-state index contributed by atoms with van der Waals surface area (Å²) < 4.78 is 5.71. The van der Waals surface area contributed by atoms with Crippen molar-refractivity contribution >= 4 is 11.8 Å². The zero-order valence-electron chi connectivity index (χ0n) is 14.9. The van der Waals surface area contributed by atoms with Crippen LogP contribution in [0.5, 0.6) is 0 Å². The molecule has 4 atom stereocenters. The third-order valence-corrected chi connectivity index (χ3v) is 5.53. The SMILES string of the molecule is C=C1C(OC(=O)/C(C)=C\C)CC(C(C)C)C2/C(=C/C)C(=O)CC12. The van der Waals surface area contributed by atoms with Gasteiger partial charge in [0.05, 0.1) is 0 Å². The van der Waals surface area contributed by atoms with Crippen molar-refractivity contribution in [3.8, 4) is 0 Å². The minimum Gasteiger partial charge on any atom is -0.454 e. The average molecular weight is 316 g/mol. The van der Waals surface area contributed by atoms with E-state index in [0.717, 1.165) is 17.6 Å². The first kappa shape index (κ1) is 17.7. The summed E-state index contributed by atoms with van der Waals surface area (Å²) in [6.07, 6.45) is 4.70. The lowest BCUT2D eigenvalue weighted by molar-refractivity contribution is -0.145. The highest BCUT2D eigenvalue weighted by Crippen LogP contribution is 2.51. The van der Waals surface area contributed by atoms with Crippen molar-refractivity contribution in [1.82, 2.24) is 0 Å². The fourth-order valence-corrected chi connectivity index (χ4v) is 4.03. The molecule has 0 aliphatic heterocycles. The van der Waals surface area contributed by atoms with E-state index in [9.17, 15) is 9.59 Å². The van der Waals surface area contributed by atoms with Crippen LogP contribution >= 0.6 is 0 Å². The van der Waals surface area contributed by atoms with Gasteiger partial charge in [0.1, 0.15) is 6.10 Å². The topological polar surface area (TPSA) is 43.4 Å². The summed E-state index contributed by atoms with van der Waals surface area (Å²) in [7, 11) is 0. The molecule has 0 heterocycles. The van der Waals surface area contributed by atoms with Crippen molar-refractivity contribution in [2.75, 3.05) is 0 Å². The molecule has 2 aliphatic carbocycles. The van der Waals surface area contributed by atoms with Gasteiger partial charge >= 0.3 is 5.97 Å². The zero-order chi connectivity index (χ0) is 17.3. The molecule has 2 aliphatic rings. The van der Waals surface area contributed by atoms with E-state index in [1.54, 1.807) is 13.0 Å². The first-order valence-electron chi connectivity index (χ1n) is 8.53. The van der Waals surface area contributed by atoms with Crippen LogP contribution in [0.3, 0.4) is 0 Å². The van der Waals surface area contributed by atoms with Crippen LogP contribution in [0, 0.1) is 23.7 Å². The van der Waals surface area contributed by atoms with Gasteiger partial charge in [-0.1, -0.05) is 32.6 Å². The quantitative estimate of drug-likeness (QED) is 0.444. The van der Waals surface area contributed by atoms with E-state index in [-0.39, 0.29) is 29.7 Å². The van der Waals surface area contributed by atoms with Crippen molar-refractivity contribution in [3.05, 3.63) is 35.5 Å². The highest BCUT2D eigenvalue weighted by molar-refractivity contribution is 5.99. The predicted molar refractivity (Wildman–Crippen MR) is 91.8 cm³/mol. The lowest BCUT2D eigenvalue weighted by Crippen LogP contribution is -2.39. The summed E-state index contributed by atoms with van der Waals surface area (Å²) in [5, 5.41) is 0. The van der Waals surface area contributed by atoms with E-state index in [0.29, 0.717) is 23.8 Å². The Balaban J connectivity index is 2.29. The van der Waals surface area contributed by atoms with Crippen LogP contribution in [0.1, 0.15) is 47.5 Å². The Morgan fingerprint density at radius 3 is 2.52 bits per heavy atom. The molecule has 0 spiro atoms. The molecule has 23 heavy (non-hydrogen) atoms. The fraction of sp³-hybridized carbons (Fsp3) is 0.600. The van der Waals surface area contributed by atoms with Crippen LogP contribution in [0.4, 0.5) is 0 Å². The van der Waals surface area contributed by atoms with Crippen LogP contribution < -0.4 is 0 Å². The van der Waals surface area contributed by atoms with E-state index in [1.807, 2.05) is 19.9 Å². The number of Topliss-reactive ketones (excluding diaryl/α,β-unsaturated/α-hetero) is 1. The molecule has 0 amide bonds.